The average molecular weight is 305 g/mol. The number of piperidine rings is 1. The van der Waals surface area contributed by atoms with Crippen LogP contribution in [-0.2, 0) is 4.79 Å². The molecule has 0 bridgehead atoms. The van der Waals surface area contributed by atoms with E-state index in [1.54, 1.807) is 23.2 Å². The molecular weight excluding hydrogens is 282 g/mol. The van der Waals surface area contributed by atoms with E-state index in [2.05, 4.69) is 10.3 Å². The predicted molar refractivity (Wildman–Crippen MR) is 82.7 cm³/mol. The lowest BCUT2D eigenvalue weighted by molar-refractivity contribution is -0.126. The molecule has 1 aromatic heterocycles. The van der Waals surface area contributed by atoms with E-state index in [1.165, 1.54) is 7.11 Å². The van der Waals surface area contributed by atoms with Gasteiger partial charge in [0.2, 0.25) is 11.8 Å². The first-order valence-electron chi connectivity index (χ1n) is 7.73. The molecule has 0 spiro atoms. The van der Waals surface area contributed by atoms with E-state index in [4.69, 9.17) is 4.74 Å². The number of nitrogens with zero attached hydrogens (tertiary/aromatic N) is 2. The Balaban J connectivity index is 1.94. The maximum atomic E-state index is 12.5. The Kier molecular flexibility index (Phi) is 5.75. The second-order valence-electron chi connectivity index (χ2n) is 5.42. The summed E-state index contributed by atoms with van der Waals surface area (Å²) in [6.07, 6.45) is 3.93. The molecule has 1 fully saturated rings. The summed E-state index contributed by atoms with van der Waals surface area (Å²) >= 11 is 0. The van der Waals surface area contributed by atoms with Crippen molar-refractivity contribution in [3.8, 4) is 5.88 Å². The zero-order chi connectivity index (χ0) is 15.9. The summed E-state index contributed by atoms with van der Waals surface area (Å²) in [5, 5.41) is 2.92. The predicted octanol–water partition coefficient (Wildman–Crippen LogP) is 1.47. The van der Waals surface area contributed by atoms with E-state index in [0.717, 1.165) is 6.42 Å². The molecule has 0 aromatic carbocycles. The van der Waals surface area contributed by atoms with Gasteiger partial charge in [-0.3, -0.25) is 9.59 Å². The summed E-state index contributed by atoms with van der Waals surface area (Å²) < 4.78 is 5.14. The number of hydrogen-bond acceptors (Lipinski definition) is 4. The van der Waals surface area contributed by atoms with Gasteiger partial charge in [0.05, 0.1) is 7.11 Å². The smallest absolute Gasteiger partial charge is 0.259 e. The Bertz CT molecular complexity index is 525. The highest BCUT2D eigenvalue weighted by Crippen LogP contribution is 2.22. The first-order chi connectivity index (χ1) is 10.7. The SMILES string of the molecule is CCCNC(=O)C1CCN(C(=O)c2cccnc2OC)CC1. The molecule has 2 heterocycles. The number of likely N-dealkylation sites (tertiary alicyclic amines) is 1. The molecule has 22 heavy (non-hydrogen) atoms. The number of aromatic nitrogens is 1. The lowest BCUT2D eigenvalue weighted by Gasteiger charge is -2.31. The van der Waals surface area contributed by atoms with Crippen molar-refractivity contribution in [2.45, 2.75) is 26.2 Å². The maximum absolute atomic E-state index is 12.5. The number of carbonyl (C=O) groups excluding carboxylic acids is 2. The Hall–Kier alpha value is -2.11. The van der Waals surface area contributed by atoms with Gasteiger partial charge < -0.3 is 15.0 Å². The number of pyridine rings is 1. The number of hydrogen-bond donors (Lipinski definition) is 1. The van der Waals surface area contributed by atoms with Crippen LogP contribution in [0.2, 0.25) is 0 Å². The highest BCUT2D eigenvalue weighted by atomic mass is 16.5. The Morgan fingerprint density at radius 2 is 2.14 bits per heavy atom. The Labute approximate surface area is 130 Å². The van der Waals surface area contributed by atoms with Gasteiger partial charge in [-0.2, -0.15) is 0 Å². The summed E-state index contributed by atoms with van der Waals surface area (Å²) in [4.78, 5) is 30.3. The van der Waals surface area contributed by atoms with Crippen LogP contribution in [0.5, 0.6) is 5.88 Å². The van der Waals surface area contributed by atoms with Crippen molar-refractivity contribution in [3.63, 3.8) is 0 Å². The molecular formula is C16H23N3O3. The van der Waals surface area contributed by atoms with Gasteiger partial charge in [-0.1, -0.05) is 6.92 Å². The number of methoxy groups -OCH3 is 1. The van der Waals surface area contributed by atoms with E-state index in [9.17, 15) is 9.59 Å². The number of amides is 2. The first kappa shape index (κ1) is 16.3. The topological polar surface area (TPSA) is 71.5 Å². The highest BCUT2D eigenvalue weighted by Gasteiger charge is 2.28. The van der Waals surface area contributed by atoms with E-state index in [-0.39, 0.29) is 17.7 Å². The third kappa shape index (κ3) is 3.75. The molecule has 0 unspecified atom stereocenters. The molecule has 120 valence electrons. The molecule has 2 amide bonds. The maximum Gasteiger partial charge on any atom is 0.259 e. The Morgan fingerprint density at radius 1 is 1.41 bits per heavy atom. The van der Waals surface area contributed by atoms with Crippen molar-refractivity contribution in [3.05, 3.63) is 23.9 Å². The molecule has 0 saturated carbocycles. The fraction of sp³-hybridized carbons (Fsp3) is 0.562. The minimum absolute atomic E-state index is 0.00592. The van der Waals surface area contributed by atoms with Crippen molar-refractivity contribution in [2.75, 3.05) is 26.7 Å². The van der Waals surface area contributed by atoms with Gasteiger partial charge in [-0.15, -0.1) is 0 Å². The quantitative estimate of drug-likeness (QED) is 0.894. The molecule has 2 rings (SSSR count). The van der Waals surface area contributed by atoms with Crippen molar-refractivity contribution in [1.29, 1.82) is 0 Å². The lowest BCUT2D eigenvalue weighted by atomic mass is 9.95. The van der Waals surface area contributed by atoms with Crippen LogP contribution in [0.1, 0.15) is 36.5 Å². The summed E-state index contributed by atoms with van der Waals surface area (Å²) in [6.45, 7) is 3.91. The molecule has 1 saturated heterocycles. The van der Waals surface area contributed by atoms with Crippen LogP contribution in [0.15, 0.2) is 18.3 Å². The lowest BCUT2D eigenvalue weighted by Crippen LogP contribution is -2.43. The second-order valence-corrected chi connectivity index (χ2v) is 5.42. The van der Waals surface area contributed by atoms with Crippen LogP contribution in [0.4, 0.5) is 0 Å². The molecule has 0 atom stereocenters. The van der Waals surface area contributed by atoms with Crippen LogP contribution in [0.3, 0.4) is 0 Å². The zero-order valence-electron chi connectivity index (χ0n) is 13.2. The van der Waals surface area contributed by atoms with Crippen LogP contribution in [0, 0.1) is 5.92 Å². The van der Waals surface area contributed by atoms with Gasteiger partial charge in [0.1, 0.15) is 5.56 Å². The largest absolute Gasteiger partial charge is 0.480 e. The van der Waals surface area contributed by atoms with Gasteiger partial charge in [0.15, 0.2) is 0 Å². The van der Waals surface area contributed by atoms with Gasteiger partial charge >= 0.3 is 0 Å². The van der Waals surface area contributed by atoms with Crippen LogP contribution in [0.25, 0.3) is 0 Å². The Morgan fingerprint density at radius 3 is 2.77 bits per heavy atom. The van der Waals surface area contributed by atoms with E-state index >= 15 is 0 Å². The van der Waals surface area contributed by atoms with Crippen LogP contribution >= 0.6 is 0 Å². The number of carbonyl (C=O) groups is 2. The van der Waals surface area contributed by atoms with E-state index in [0.29, 0.717) is 43.9 Å². The van der Waals surface area contributed by atoms with Crippen molar-refractivity contribution in [1.82, 2.24) is 15.2 Å². The minimum Gasteiger partial charge on any atom is -0.480 e. The van der Waals surface area contributed by atoms with Crippen molar-refractivity contribution >= 4 is 11.8 Å². The van der Waals surface area contributed by atoms with Crippen LogP contribution < -0.4 is 10.1 Å². The van der Waals surface area contributed by atoms with Gasteiger partial charge in [-0.25, -0.2) is 4.98 Å². The fourth-order valence-electron chi connectivity index (χ4n) is 2.62. The molecule has 1 aliphatic rings. The van der Waals surface area contributed by atoms with Gasteiger partial charge in [0, 0.05) is 31.7 Å². The second kappa shape index (κ2) is 7.77. The minimum atomic E-state index is -0.0858. The summed E-state index contributed by atoms with van der Waals surface area (Å²) in [5.41, 5.74) is 0.471. The van der Waals surface area contributed by atoms with Crippen molar-refractivity contribution < 1.29 is 14.3 Å². The third-order valence-corrected chi connectivity index (χ3v) is 3.90. The van der Waals surface area contributed by atoms with Crippen LogP contribution in [-0.4, -0.2) is 48.4 Å². The zero-order valence-corrected chi connectivity index (χ0v) is 13.2. The first-order valence-corrected chi connectivity index (χ1v) is 7.73. The number of ether oxygens (including phenoxy) is 1. The normalized spacial score (nSPS) is 15.5. The van der Waals surface area contributed by atoms with Crippen molar-refractivity contribution in [2.24, 2.45) is 5.92 Å². The number of nitrogens with one attached hydrogen (secondary N) is 1. The molecule has 0 radical (unpaired) electrons. The molecule has 6 heteroatoms. The molecule has 6 nitrogen and oxygen atoms in total. The van der Waals surface area contributed by atoms with Gasteiger partial charge in [0.25, 0.3) is 5.91 Å². The molecule has 1 aliphatic heterocycles. The third-order valence-electron chi connectivity index (χ3n) is 3.90. The monoisotopic (exact) mass is 305 g/mol. The molecule has 0 aliphatic carbocycles. The van der Waals surface area contributed by atoms with Gasteiger partial charge in [-0.05, 0) is 31.4 Å². The molecule has 1 aromatic rings. The number of rotatable bonds is 5. The molecule has 1 N–H and O–H groups in total. The fourth-order valence-corrected chi connectivity index (χ4v) is 2.62. The van der Waals surface area contributed by atoms with E-state index in [1.807, 2.05) is 6.92 Å². The van der Waals surface area contributed by atoms with E-state index < -0.39 is 0 Å². The summed E-state index contributed by atoms with van der Waals surface area (Å²) in [7, 11) is 1.50. The average Bonchev–Trinajstić information content (AvgIpc) is 2.59. The summed E-state index contributed by atoms with van der Waals surface area (Å²) in [6, 6.07) is 3.44. The standard InChI is InChI=1S/C16H23N3O3/c1-3-8-17-14(20)12-6-10-19(11-7-12)16(21)13-5-4-9-18-15(13)22-2/h4-5,9,12H,3,6-8,10-11H2,1-2H3,(H,17,20). The highest BCUT2D eigenvalue weighted by molar-refractivity contribution is 5.96. The summed E-state index contributed by atoms with van der Waals surface area (Å²) in [5.74, 6) is 0.368.